The average molecular weight is 268 g/mol. The van der Waals surface area contributed by atoms with Crippen LogP contribution < -0.4 is 5.32 Å². The van der Waals surface area contributed by atoms with Gasteiger partial charge in [0.1, 0.15) is 5.54 Å². The zero-order valence-electron chi connectivity index (χ0n) is 12.5. The fraction of sp³-hybridized carbons (Fsp3) is 0.933. The van der Waals surface area contributed by atoms with E-state index in [1.165, 1.54) is 6.42 Å². The lowest BCUT2D eigenvalue weighted by atomic mass is 9.90. The molecule has 2 N–H and O–H groups in total. The zero-order chi connectivity index (χ0) is 14.0. The van der Waals surface area contributed by atoms with Crippen LogP contribution in [0.25, 0.3) is 0 Å². The number of nitrogens with one attached hydrogen (secondary N) is 1. The Hall–Kier alpha value is -0.610. The van der Waals surface area contributed by atoms with Crippen molar-refractivity contribution in [3.05, 3.63) is 0 Å². The first kappa shape index (κ1) is 14.8. The van der Waals surface area contributed by atoms with Crippen LogP contribution in [0.3, 0.4) is 0 Å². The lowest BCUT2D eigenvalue weighted by Crippen LogP contribution is -2.53. The first-order valence-corrected chi connectivity index (χ1v) is 7.62. The Morgan fingerprint density at radius 1 is 1.32 bits per heavy atom. The summed E-state index contributed by atoms with van der Waals surface area (Å²) in [5, 5.41) is 12.8. The maximum Gasteiger partial charge on any atom is 0.323 e. The number of hydrogen-bond acceptors (Lipinski definition) is 3. The molecule has 0 amide bonds. The number of aliphatic carboxylic acids is 1. The summed E-state index contributed by atoms with van der Waals surface area (Å²) in [6.45, 7) is 9.54. The Morgan fingerprint density at radius 3 is 2.37 bits per heavy atom. The normalized spacial score (nSPS) is 31.9. The minimum Gasteiger partial charge on any atom is -0.480 e. The largest absolute Gasteiger partial charge is 0.480 e. The van der Waals surface area contributed by atoms with Crippen molar-refractivity contribution in [2.24, 2.45) is 11.8 Å². The summed E-state index contributed by atoms with van der Waals surface area (Å²) in [7, 11) is 0. The minimum atomic E-state index is -0.759. The Bertz CT molecular complexity index is 320. The molecule has 2 rings (SSSR count). The van der Waals surface area contributed by atoms with E-state index in [0.717, 1.165) is 44.3 Å². The summed E-state index contributed by atoms with van der Waals surface area (Å²) in [6, 6.07) is 0.431. The van der Waals surface area contributed by atoms with Crippen molar-refractivity contribution in [3.8, 4) is 0 Å². The van der Waals surface area contributed by atoms with Crippen LogP contribution in [-0.4, -0.2) is 47.2 Å². The smallest absolute Gasteiger partial charge is 0.323 e. The summed E-state index contributed by atoms with van der Waals surface area (Å²) < 4.78 is 0. The van der Waals surface area contributed by atoms with E-state index in [4.69, 9.17) is 0 Å². The third-order valence-electron chi connectivity index (χ3n) is 4.44. The number of hydrogen-bond donors (Lipinski definition) is 2. The van der Waals surface area contributed by atoms with Crippen molar-refractivity contribution in [1.29, 1.82) is 0 Å². The summed E-state index contributed by atoms with van der Waals surface area (Å²) in [4.78, 5) is 13.9. The SMILES string of the molecule is CC1CC(C)CN(CCC(C)(NC2CC2)C(=O)O)C1. The zero-order valence-corrected chi connectivity index (χ0v) is 12.5. The fourth-order valence-corrected chi connectivity index (χ4v) is 3.28. The van der Waals surface area contributed by atoms with E-state index >= 15 is 0 Å². The molecule has 1 aliphatic carbocycles. The van der Waals surface area contributed by atoms with Gasteiger partial charge in [0.15, 0.2) is 0 Å². The molecule has 19 heavy (non-hydrogen) atoms. The second-order valence-corrected chi connectivity index (χ2v) is 7.01. The Labute approximate surface area is 116 Å². The van der Waals surface area contributed by atoms with Gasteiger partial charge in [-0.1, -0.05) is 13.8 Å². The van der Waals surface area contributed by atoms with E-state index in [-0.39, 0.29) is 0 Å². The van der Waals surface area contributed by atoms with Crippen molar-refractivity contribution >= 4 is 5.97 Å². The first-order chi connectivity index (χ1) is 8.89. The summed E-state index contributed by atoms with van der Waals surface area (Å²) in [5.74, 6) is 0.755. The maximum atomic E-state index is 11.5. The maximum absolute atomic E-state index is 11.5. The van der Waals surface area contributed by atoms with E-state index in [0.29, 0.717) is 12.5 Å². The molecule has 2 fully saturated rings. The fourth-order valence-electron chi connectivity index (χ4n) is 3.28. The van der Waals surface area contributed by atoms with Crippen LogP contribution in [-0.2, 0) is 4.79 Å². The standard InChI is InChI=1S/C15H28N2O2/c1-11-8-12(2)10-17(9-11)7-6-15(3,14(18)19)16-13-4-5-13/h11-13,16H,4-10H2,1-3H3,(H,18,19). The number of carbonyl (C=O) groups is 1. The number of nitrogens with zero attached hydrogens (tertiary/aromatic N) is 1. The lowest BCUT2D eigenvalue weighted by molar-refractivity contribution is -0.144. The van der Waals surface area contributed by atoms with E-state index in [1.54, 1.807) is 0 Å². The molecule has 2 aliphatic rings. The van der Waals surface area contributed by atoms with Crippen LogP contribution in [0.5, 0.6) is 0 Å². The summed E-state index contributed by atoms with van der Waals surface area (Å²) >= 11 is 0. The molecule has 3 unspecified atom stereocenters. The molecular weight excluding hydrogens is 240 g/mol. The number of carboxylic acids is 1. The molecule has 0 radical (unpaired) electrons. The van der Waals surface area contributed by atoms with E-state index in [2.05, 4.69) is 24.1 Å². The minimum absolute atomic E-state index is 0.431. The van der Waals surface area contributed by atoms with Gasteiger partial charge in [-0.3, -0.25) is 10.1 Å². The predicted molar refractivity (Wildman–Crippen MR) is 76.2 cm³/mol. The van der Waals surface area contributed by atoms with E-state index in [9.17, 15) is 9.90 Å². The third kappa shape index (κ3) is 4.18. The van der Waals surface area contributed by atoms with Gasteiger partial charge in [-0.05, 0) is 44.4 Å². The quantitative estimate of drug-likeness (QED) is 0.773. The molecule has 4 heteroatoms. The van der Waals surface area contributed by atoms with Gasteiger partial charge in [-0.2, -0.15) is 0 Å². The molecule has 0 aromatic heterocycles. The van der Waals surface area contributed by atoms with Gasteiger partial charge in [-0.15, -0.1) is 0 Å². The van der Waals surface area contributed by atoms with Crippen LogP contribution in [0, 0.1) is 11.8 Å². The highest BCUT2D eigenvalue weighted by Gasteiger charge is 2.38. The monoisotopic (exact) mass is 268 g/mol. The number of likely N-dealkylation sites (tertiary alicyclic amines) is 1. The van der Waals surface area contributed by atoms with Crippen molar-refractivity contribution in [1.82, 2.24) is 10.2 Å². The molecule has 110 valence electrons. The summed E-state index contributed by atoms with van der Waals surface area (Å²) in [5.41, 5.74) is -0.759. The topological polar surface area (TPSA) is 52.6 Å². The van der Waals surface area contributed by atoms with Crippen LogP contribution in [0.15, 0.2) is 0 Å². The third-order valence-corrected chi connectivity index (χ3v) is 4.44. The van der Waals surface area contributed by atoms with Gasteiger partial charge in [-0.25, -0.2) is 0 Å². The molecular formula is C15H28N2O2. The molecule has 1 saturated carbocycles. The van der Waals surface area contributed by atoms with Crippen LogP contribution in [0.4, 0.5) is 0 Å². The highest BCUT2D eigenvalue weighted by molar-refractivity contribution is 5.78. The number of carboxylic acid groups (broad SMARTS) is 1. The molecule has 1 saturated heterocycles. The highest BCUT2D eigenvalue weighted by Crippen LogP contribution is 2.26. The van der Waals surface area contributed by atoms with Gasteiger partial charge >= 0.3 is 5.97 Å². The highest BCUT2D eigenvalue weighted by atomic mass is 16.4. The van der Waals surface area contributed by atoms with Crippen molar-refractivity contribution in [2.45, 2.75) is 58.0 Å². The molecule has 1 aliphatic heterocycles. The van der Waals surface area contributed by atoms with Gasteiger partial charge in [0.25, 0.3) is 0 Å². The second-order valence-electron chi connectivity index (χ2n) is 7.01. The van der Waals surface area contributed by atoms with Gasteiger partial charge in [0, 0.05) is 25.7 Å². The molecule has 0 aromatic rings. The molecule has 1 heterocycles. The Balaban J connectivity index is 1.85. The van der Waals surface area contributed by atoms with E-state index in [1.807, 2.05) is 6.92 Å². The first-order valence-electron chi connectivity index (χ1n) is 7.62. The Kier molecular flexibility index (Phi) is 4.51. The van der Waals surface area contributed by atoms with Crippen molar-refractivity contribution < 1.29 is 9.90 Å². The predicted octanol–water partition coefficient (Wildman–Crippen LogP) is 1.95. The van der Waals surface area contributed by atoms with Crippen molar-refractivity contribution in [3.63, 3.8) is 0 Å². The molecule has 0 spiro atoms. The molecule has 0 bridgehead atoms. The second kappa shape index (κ2) is 5.80. The van der Waals surface area contributed by atoms with Gasteiger partial charge < -0.3 is 10.0 Å². The van der Waals surface area contributed by atoms with E-state index < -0.39 is 11.5 Å². The van der Waals surface area contributed by atoms with Crippen LogP contribution in [0.1, 0.15) is 46.5 Å². The molecule has 4 nitrogen and oxygen atoms in total. The summed E-state index contributed by atoms with van der Waals surface area (Å²) in [6.07, 6.45) is 4.24. The van der Waals surface area contributed by atoms with Crippen LogP contribution in [0.2, 0.25) is 0 Å². The van der Waals surface area contributed by atoms with Gasteiger partial charge in [0.2, 0.25) is 0 Å². The number of rotatable bonds is 6. The van der Waals surface area contributed by atoms with Crippen molar-refractivity contribution in [2.75, 3.05) is 19.6 Å². The van der Waals surface area contributed by atoms with Crippen LogP contribution >= 0.6 is 0 Å². The average Bonchev–Trinajstić information content (AvgIpc) is 3.09. The molecule has 3 atom stereocenters. The lowest BCUT2D eigenvalue weighted by Gasteiger charge is -2.37. The van der Waals surface area contributed by atoms with Gasteiger partial charge in [0.05, 0.1) is 0 Å². The Morgan fingerprint density at radius 2 is 1.89 bits per heavy atom. The number of piperidine rings is 1. The molecule has 0 aromatic carbocycles.